The molecule has 1 fully saturated rings. The number of likely N-dealkylation sites (N-methyl/N-ethyl adjacent to an activating group) is 1. The highest BCUT2D eigenvalue weighted by Gasteiger charge is 2.19. The van der Waals surface area contributed by atoms with Gasteiger partial charge in [0.2, 0.25) is 0 Å². The number of rotatable bonds is 6. The van der Waals surface area contributed by atoms with E-state index in [0.29, 0.717) is 6.61 Å². The minimum absolute atomic E-state index is 0.115. The van der Waals surface area contributed by atoms with Crippen molar-refractivity contribution in [1.82, 2.24) is 4.90 Å². The lowest BCUT2D eigenvalue weighted by Gasteiger charge is -2.31. The van der Waals surface area contributed by atoms with Crippen molar-refractivity contribution in [1.29, 1.82) is 0 Å². The smallest absolute Gasteiger partial charge is 0.119 e. The van der Waals surface area contributed by atoms with Crippen LogP contribution < -0.4 is 10.5 Å². The summed E-state index contributed by atoms with van der Waals surface area (Å²) in [4.78, 5) is 2.39. The first-order chi connectivity index (χ1) is 9.72. The summed E-state index contributed by atoms with van der Waals surface area (Å²) in [6, 6.07) is 8.19. The van der Waals surface area contributed by atoms with Gasteiger partial charge in [0.15, 0.2) is 0 Å². The van der Waals surface area contributed by atoms with Crippen LogP contribution in [-0.4, -0.2) is 43.9 Å². The average molecular weight is 278 g/mol. The zero-order valence-corrected chi connectivity index (χ0v) is 12.5. The Morgan fingerprint density at radius 2 is 2.10 bits per heavy atom. The van der Waals surface area contributed by atoms with Crippen molar-refractivity contribution in [3.63, 3.8) is 0 Å². The molecule has 2 rings (SSSR count). The van der Waals surface area contributed by atoms with Crippen LogP contribution in [0.15, 0.2) is 24.3 Å². The number of hydrogen-bond donors (Lipinski definition) is 1. The monoisotopic (exact) mass is 278 g/mol. The van der Waals surface area contributed by atoms with Crippen LogP contribution in [0.3, 0.4) is 0 Å². The molecular weight excluding hydrogens is 252 g/mol. The first-order valence-electron chi connectivity index (χ1n) is 7.55. The van der Waals surface area contributed by atoms with Gasteiger partial charge >= 0.3 is 0 Å². The topological polar surface area (TPSA) is 47.7 Å². The molecule has 0 aromatic heterocycles. The number of ether oxygens (including phenoxy) is 2. The van der Waals surface area contributed by atoms with Crippen LogP contribution in [-0.2, 0) is 4.74 Å². The lowest BCUT2D eigenvalue weighted by molar-refractivity contribution is -0.0464. The molecular formula is C16H26N2O2. The molecule has 2 atom stereocenters. The highest BCUT2D eigenvalue weighted by molar-refractivity contribution is 5.29. The summed E-state index contributed by atoms with van der Waals surface area (Å²) in [6.45, 7) is 8.73. The molecule has 1 aliphatic heterocycles. The van der Waals surface area contributed by atoms with Gasteiger partial charge in [0.05, 0.1) is 6.61 Å². The van der Waals surface area contributed by atoms with Crippen molar-refractivity contribution in [2.75, 3.05) is 32.8 Å². The third-order valence-corrected chi connectivity index (χ3v) is 3.85. The maximum absolute atomic E-state index is 6.00. The SMILES string of the molecule is CC[C@H](N)c1ccc(OCC2CN(CC)CCO2)cc1. The van der Waals surface area contributed by atoms with E-state index in [-0.39, 0.29) is 12.1 Å². The molecule has 1 heterocycles. The summed E-state index contributed by atoms with van der Waals surface area (Å²) in [5.74, 6) is 0.884. The highest BCUT2D eigenvalue weighted by Crippen LogP contribution is 2.18. The van der Waals surface area contributed by atoms with E-state index >= 15 is 0 Å². The van der Waals surface area contributed by atoms with Crippen molar-refractivity contribution < 1.29 is 9.47 Å². The Labute approximate surface area is 121 Å². The number of hydrogen-bond acceptors (Lipinski definition) is 4. The fourth-order valence-corrected chi connectivity index (χ4v) is 2.40. The van der Waals surface area contributed by atoms with E-state index < -0.39 is 0 Å². The van der Waals surface area contributed by atoms with Gasteiger partial charge in [-0.3, -0.25) is 4.90 Å². The molecule has 4 heteroatoms. The Morgan fingerprint density at radius 3 is 2.75 bits per heavy atom. The van der Waals surface area contributed by atoms with Crippen LogP contribution in [0.5, 0.6) is 5.75 Å². The van der Waals surface area contributed by atoms with Gasteiger partial charge in [-0.2, -0.15) is 0 Å². The van der Waals surface area contributed by atoms with E-state index in [1.54, 1.807) is 0 Å². The van der Waals surface area contributed by atoms with Crippen LogP contribution in [0.4, 0.5) is 0 Å². The maximum atomic E-state index is 6.00. The second-order valence-corrected chi connectivity index (χ2v) is 5.28. The maximum Gasteiger partial charge on any atom is 0.119 e. The molecule has 0 amide bonds. The molecule has 20 heavy (non-hydrogen) atoms. The van der Waals surface area contributed by atoms with Gasteiger partial charge < -0.3 is 15.2 Å². The Kier molecular flexibility index (Phi) is 5.83. The summed E-state index contributed by atoms with van der Waals surface area (Å²) < 4.78 is 11.5. The van der Waals surface area contributed by atoms with Gasteiger partial charge in [0, 0.05) is 19.1 Å². The van der Waals surface area contributed by atoms with Crippen LogP contribution >= 0.6 is 0 Å². The molecule has 2 N–H and O–H groups in total. The summed E-state index contributed by atoms with van der Waals surface area (Å²) >= 11 is 0. The Balaban J connectivity index is 1.81. The Hall–Kier alpha value is -1.10. The lowest BCUT2D eigenvalue weighted by atomic mass is 10.1. The fourth-order valence-electron chi connectivity index (χ4n) is 2.40. The van der Waals surface area contributed by atoms with Crippen molar-refractivity contribution in [2.45, 2.75) is 32.4 Å². The normalized spacial score (nSPS) is 21.6. The molecule has 0 bridgehead atoms. The standard InChI is InChI=1S/C16H26N2O2/c1-3-16(17)13-5-7-14(8-6-13)20-12-15-11-18(4-2)9-10-19-15/h5-8,15-16H,3-4,9-12,17H2,1-2H3/t15?,16-/m0/s1. The molecule has 0 aliphatic carbocycles. The van der Waals surface area contributed by atoms with E-state index in [9.17, 15) is 0 Å². The van der Waals surface area contributed by atoms with Gasteiger partial charge in [-0.1, -0.05) is 26.0 Å². The van der Waals surface area contributed by atoms with Gasteiger partial charge in [-0.25, -0.2) is 0 Å². The number of nitrogens with two attached hydrogens (primary N) is 1. The van der Waals surface area contributed by atoms with Crippen molar-refractivity contribution in [3.05, 3.63) is 29.8 Å². The predicted octanol–water partition coefficient (Wildman–Crippen LogP) is 2.20. The molecule has 1 saturated heterocycles. The summed E-state index contributed by atoms with van der Waals surface area (Å²) in [7, 11) is 0. The minimum Gasteiger partial charge on any atom is -0.491 e. The largest absolute Gasteiger partial charge is 0.491 e. The minimum atomic E-state index is 0.115. The predicted molar refractivity (Wildman–Crippen MR) is 81.0 cm³/mol. The molecule has 1 aliphatic rings. The van der Waals surface area contributed by atoms with Gasteiger partial charge in [0.1, 0.15) is 18.5 Å². The highest BCUT2D eigenvalue weighted by atomic mass is 16.5. The zero-order valence-electron chi connectivity index (χ0n) is 12.5. The third kappa shape index (κ3) is 4.20. The van der Waals surface area contributed by atoms with Crippen LogP contribution in [0.25, 0.3) is 0 Å². The molecule has 0 spiro atoms. The summed E-state index contributed by atoms with van der Waals surface area (Å²) in [5, 5.41) is 0. The van der Waals surface area contributed by atoms with Crippen molar-refractivity contribution >= 4 is 0 Å². The second kappa shape index (κ2) is 7.62. The van der Waals surface area contributed by atoms with E-state index in [0.717, 1.165) is 44.0 Å². The zero-order chi connectivity index (χ0) is 14.4. The summed E-state index contributed by atoms with van der Waals surface area (Å²) in [5.41, 5.74) is 7.16. The van der Waals surface area contributed by atoms with Crippen LogP contribution in [0, 0.1) is 0 Å². The van der Waals surface area contributed by atoms with Crippen molar-refractivity contribution in [2.24, 2.45) is 5.73 Å². The van der Waals surface area contributed by atoms with E-state index in [4.69, 9.17) is 15.2 Å². The van der Waals surface area contributed by atoms with E-state index in [1.165, 1.54) is 0 Å². The van der Waals surface area contributed by atoms with E-state index in [2.05, 4.69) is 18.7 Å². The molecule has 1 unspecified atom stereocenters. The Morgan fingerprint density at radius 1 is 1.35 bits per heavy atom. The van der Waals surface area contributed by atoms with Gasteiger partial charge in [-0.05, 0) is 30.7 Å². The molecule has 112 valence electrons. The van der Waals surface area contributed by atoms with Crippen LogP contribution in [0.2, 0.25) is 0 Å². The van der Waals surface area contributed by atoms with E-state index in [1.807, 2.05) is 24.3 Å². The first kappa shape index (κ1) is 15.3. The first-order valence-corrected chi connectivity index (χ1v) is 7.55. The number of benzene rings is 1. The number of nitrogens with zero attached hydrogens (tertiary/aromatic N) is 1. The lowest BCUT2D eigenvalue weighted by Crippen LogP contribution is -2.44. The fraction of sp³-hybridized carbons (Fsp3) is 0.625. The molecule has 0 radical (unpaired) electrons. The molecule has 1 aromatic carbocycles. The average Bonchev–Trinajstić information content (AvgIpc) is 2.53. The molecule has 0 saturated carbocycles. The quantitative estimate of drug-likeness (QED) is 0.866. The second-order valence-electron chi connectivity index (χ2n) is 5.28. The third-order valence-electron chi connectivity index (χ3n) is 3.85. The van der Waals surface area contributed by atoms with Gasteiger partial charge in [-0.15, -0.1) is 0 Å². The number of morpholine rings is 1. The Bertz CT molecular complexity index is 394. The van der Waals surface area contributed by atoms with Crippen LogP contribution in [0.1, 0.15) is 31.9 Å². The summed E-state index contributed by atoms with van der Waals surface area (Å²) in [6.07, 6.45) is 1.12. The molecule has 4 nitrogen and oxygen atoms in total. The molecule has 1 aromatic rings. The van der Waals surface area contributed by atoms with Gasteiger partial charge in [0.25, 0.3) is 0 Å². The van der Waals surface area contributed by atoms with Crippen molar-refractivity contribution in [3.8, 4) is 5.75 Å².